The van der Waals surface area contributed by atoms with E-state index in [-0.39, 0.29) is 5.75 Å². The Morgan fingerprint density at radius 1 is 1.38 bits per heavy atom. The molecule has 110 valence electrons. The number of rotatable bonds is 4. The predicted octanol–water partition coefficient (Wildman–Crippen LogP) is 0.908. The summed E-state index contributed by atoms with van der Waals surface area (Å²) in [4.78, 5) is 21.8. The molecule has 0 saturated heterocycles. The molecule has 0 unspecified atom stereocenters. The Morgan fingerprint density at radius 3 is 2.76 bits per heavy atom. The summed E-state index contributed by atoms with van der Waals surface area (Å²) in [7, 11) is 1.66. The molecule has 7 nitrogen and oxygen atoms in total. The molecule has 21 heavy (non-hydrogen) atoms. The molecule has 2 aromatic rings. The summed E-state index contributed by atoms with van der Waals surface area (Å²) in [6.45, 7) is 0. The highest BCUT2D eigenvalue weighted by atomic mass is 32.2. The van der Waals surface area contributed by atoms with Crippen molar-refractivity contribution in [3.63, 3.8) is 0 Å². The lowest BCUT2D eigenvalue weighted by atomic mass is 10.2. The molecular formula is C12H12FN5O2S. The lowest BCUT2D eigenvalue weighted by molar-refractivity contribution is -0.117. The first-order chi connectivity index (χ1) is 9.99. The zero-order valence-electron chi connectivity index (χ0n) is 11.0. The first-order valence-corrected chi connectivity index (χ1v) is 6.84. The van der Waals surface area contributed by atoms with E-state index in [4.69, 9.17) is 5.73 Å². The van der Waals surface area contributed by atoms with E-state index in [9.17, 15) is 14.0 Å². The molecule has 0 aliphatic carbocycles. The van der Waals surface area contributed by atoms with Crippen LogP contribution in [0.4, 0.5) is 9.18 Å². The van der Waals surface area contributed by atoms with E-state index in [0.29, 0.717) is 16.5 Å². The summed E-state index contributed by atoms with van der Waals surface area (Å²) in [5.74, 6) is -0.642. The van der Waals surface area contributed by atoms with Crippen LogP contribution >= 0.6 is 11.8 Å². The highest BCUT2D eigenvalue weighted by Gasteiger charge is 2.15. The zero-order chi connectivity index (χ0) is 15.4. The van der Waals surface area contributed by atoms with Gasteiger partial charge >= 0.3 is 6.03 Å². The van der Waals surface area contributed by atoms with Gasteiger partial charge in [-0.25, -0.2) is 9.18 Å². The van der Waals surface area contributed by atoms with Crippen LogP contribution in [0.15, 0.2) is 29.4 Å². The minimum atomic E-state index is -0.911. The third-order valence-corrected chi connectivity index (χ3v) is 3.56. The van der Waals surface area contributed by atoms with Gasteiger partial charge in [0.15, 0.2) is 11.0 Å². The highest BCUT2D eigenvalue weighted by molar-refractivity contribution is 7.99. The van der Waals surface area contributed by atoms with Crippen LogP contribution in [-0.4, -0.2) is 32.5 Å². The summed E-state index contributed by atoms with van der Waals surface area (Å²) < 4.78 is 15.3. The maximum absolute atomic E-state index is 13.7. The van der Waals surface area contributed by atoms with Gasteiger partial charge in [0.1, 0.15) is 5.82 Å². The average molecular weight is 309 g/mol. The maximum Gasteiger partial charge on any atom is 0.318 e. The van der Waals surface area contributed by atoms with Gasteiger partial charge in [-0.15, -0.1) is 10.2 Å². The Balaban J connectivity index is 2.13. The molecule has 0 aliphatic heterocycles. The van der Waals surface area contributed by atoms with Crippen LogP contribution in [0.25, 0.3) is 11.4 Å². The number of halogens is 1. The SMILES string of the molecule is Cn1c(SCC(=O)NC(N)=O)nnc1-c1ccccc1F. The third-order valence-electron chi connectivity index (χ3n) is 2.54. The van der Waals surface area contributed by atoms with Crippen molar-refractivity contribution in [1.82, 2.24) is 20.1 Å². The predicted molar refractivity (Wildman–Crippen MR) is 74.8 cm³/mol. The molecule has 0 fully saturated rings. The Morgan fingerprint density at radius 2 is 2.10 bits per heavy atom. The number of benzene rings is 1. The van der Waals surface area contributed by atoms with E-state index < -0.39 is 17.8 Å². The molecule has 9 heteroatoms. The van der Waals surface area contributed by atoms with Gasteiger partial charge < -0.3 is 10.3 Å². The quantitative estimate of drug-likeness (QED) is 0.817. The number of aromatic nitrogens is 3. The average Bonchev–Trinajstić information content (AvgIpc) is 2.77. The second kappa shape index (κ2) is 6.35. The van der Waals surface area contributed by atoms with Crippen molar-refractivity contribution in [2.24, 2.45) is 12.8 Å². The van der Waals surface area contributed by atoms with Gasteiger partial charge in [0.05, 0.1) is 11.3 Å². The molecule has 0 aliphatic rings. The molecule has 2 rings (SSSR count). The standard InChI is InChI=1S/C12H12FN5O2S/c1-18-10(7-4-2-3-5-8(7)13)16-17-12(18)21-6-9(19)15-11(14)20/h2-5H,6H2,1H3,(H3,14,15,19,20). The number of nitrogens with zero attached hydrogens (tertiary/aromatic N) is 3. The summed E-state index contributed by atoms with van der Waals surface area (Å²) in [5.41, 5.74) is 5.15. The number of hydrogen-bond acceptors (Lipinski definition) is 5. The van der Waals surface area contributed by atoms with Crippen LogP contribution in [-0.2, 0) is 11.8 Å². The number of hydrogen-bond donors (Lipinski definition) is 2. The number of thioether (sulfide) groups is 1. The van der Waals surface area contributed by atoms with Gasteiger partial charge in [-0.2, -0.15) is 0 Å². The summed E-state index contributed by atoms with van der Waals surface area (Å²) in [6.07, 6.45) is 0. The smallest absolute Gasteiger partial charge is 0.318 e. The van der Waals surface area contributed by atoms with Crippen LogP contribution in [0.1, 0.15) is 0 Å². The lowest BCUT2D eigenvalue weighted by Crippen LogP contribution is -2.36. The molecule has 1 aromatic heterocycles. The van der Waals surface area contributed by atoms with E-state index in [1.165, 1.54) is 6.07 Å². The van der Waals surface area contributed by atoms with Gasteiger partial charge in [-0.05, 0) is 12.1 Å². The molecule has 0 saturated carbocycles. The molecule has 0 radical (unpaired) electrons. The number of carbonyl (C=O) groups is 2. The zero-order valence-corrected chi connectivity index (χ0v) is 11.9. The van der Waals surface area contributed by atoms with Crippen molar-refractivity contribution in [2.45, 2.75) is 5.16 Å². The maximum atomic E-state index is 13.7. The summed E-state index contributed by atoms with van der Waals surface area (Å²) >= 11 is 1.07. The molecule has 3 N–H and O–H groups in total. The Bertz CT molecular complexity index is 688. The Kier molecular flexibility index (Phi) is 4.53. The van der Waals surface area contributed by atoms with Crippen molar-refractivity contribution in [2.75, 3.05) is 5.75 Å². The van der Waals surface area contributed by atoms with Gasteiger partial charge in [-0.1, -0.05) is 23.9 Å². The molecule has 0 spiro atoms. The fourth-order valence-corrected chi connectivity index (χ4v) is 2.33. The number of imide groups is 1. The second-order valence-corrected chi connectivity index (χ2v) is 4.99. The largest absolute Gasteiger partial charge is 0.351 e. The Hall–Kier alpha value is -2.42. The number of nitrogens with one attached hydrogen (secondary N) is 1. The normalized spacial score (nSPS) is 10.4. The minimum absolute atomic E-state index is 0.0494. The van der Waals surface area contributed by atoms with Gasteiger partial charge in [0.25, 0.3) is 0 Å². The van der Waals surface area contributed by atoms with Gasteiger partial charge in [0.2, 0.25) is 5.91 Å². The fourth-order valence-electron chi connectivity index (χ4n) is 1.62. The monoisotopic (exact) mass is 309 g/mol. The van der Waals surface area contributed by atoms with Crippen molar-refractivity contribution in [3.8, 4) is 11.4 Å². The van der Waals surface area contributed by atoms with Crippen molar-refractivity contribution in [1.29, 1.82) is 0 Å². The van der Waals surface area contributed by atoms with Crippen molar-refractivity contribution >= 4 is 23.7 Å². The molecule has 1 aromatic carbocycles. The molecule has 1 heterocycles. The van der Waals surface area contributed by atoms with Crippen LogP contribution in [0.2, 0.25) is 0 Å². The second-order valence-electron chi connectivity index (χ2n) is 4.05. The number of amides is 3. The number of carbonyl (C=O) groups excluding carboxylic acids is 2. The molecule has 0 bridgehead atoms. The third kappa shape index (κ3) is 3.57. The first kappa shape index (κ1) is 15.0. The fraction of sp³-hybridized carbons (Fsp3) is 0.167. The molecule has 0 atom stereocenters. The molecular weight excluding hydrogens is 297 g/mol. The van der Waals surface area contributed by atoms with Gasteiger partial charge in [-0.3, -0.25) is 10.1 Å². The van der Waals surface area contributed by atoms with E-state index in [1.54, 1.807) is 29.8 Å². The van der Waals surface area contributed by atoms with E-state index in [2.05, 4.69) is 10.2 Å². The van der Waals surface area contributed by atoms with Crippen LogP contribution in [0, 0.1) is 5.82 Å². The topological polar surface area (TPSA) is 103 Å². The van der Waals surface area contributed by atoms with Crippen LogP contribution in [0.3, 0.4) is 0 Å². The summed E-state index contributed by atoms with van der Waals surface area (Å²) in [5, 5.41) is 10.2. The van der Waals surface area contributed by atoms with E-state index >= 15 is 0 Å². The number of urea groups is 1. The lowest BCUT2D eigenvalue weighted by Gasteiger charge is -2.04. The van der Waals surface area contributed by atoms with Crippen molar-refractivity contribution in [3.05, 3.63) is 30.1 Å². The minimum Gasteiger partial charge on any atom is -0.351 e. The Labute approximate surface area is 123 Å². The summed E-state index contributed by atoms with van der Waals surface area (Å²) in [6, 6.07) is 5.29. The molecule has 3 amide bonds. The number of primary amides is 1. The van der Waals surface area contributed by atoms with Crippen molar-refractivity contribution < 1.29 is 14.0 Å². The first-order valence-electron chi connectivity index (χ1n) is 5.85. The van der Waals surface area contributed by atoms with E-state index in [0.717, 1.165) is 11.8 Å². The van der Waals surface area contributed by atoms with Crippen LogP contribution in [0.5, 0.6) is 0 Å². The van der Waals surface area contributed by atoms with Gasteiger partial charge in [0, 0.05) is 7.05 Å². The van der Waals surface area contributed by atoms with E-state index in [1.807, 2.05) is 5.32 Å². The number of nitrogens with two attached hydrogens (primary N) is 1. The highest BCUT2D eigenvalue weighted by Crippen LogP contribution is 2.24. The van der Waals surface area contributed by atoms with Crippen LogP contribution < -0.4 is 11.1 Å².